The Labute approximate surface area is 424 Å². The van der Waals surface area contributed by atoms with Gasteiger partial charge in [-0.3, -0.25) is 18.8 Å². The number of amides is 1. The first kappa shape index (κ1) is 51.9. The molecule has 6 aromatic rings. The molecule has 4 atom stereocenters. The van der Waals surface area contributed by atoms with Crippen LogP contribution in [0.15, 0.2) is 151 Å². The number of nitrogens with one attached hydrogen (secondary N) is 1. The van der Waals surface area contributed by atoms with Gasteiger partial charge in [-0.1, -0.05) is 126 Å². The van der Waals surface area contributed by atoms with Crippen LogP contribution in [0.5, 0.6) is 11.5 Å². The number of hydrogen-bond donors (Lipinski definition) is 1. The number of nitrogens with zero attached hydrogens (tertiary/aromatic N) is 3. The van der Waals surface area contributed by atoms with Gasteiger partial charge in [0.25, 0.3) is 5.91 Å². The number of methoxy groups -OCH3 is 3. The van der Waals surface area contributed by atoms with Crippen LogP contribution in [-0.4, -0.2) is 110 Å². The average molecular weight is 1020 g/mol. The van der Waals surface area contributed by atoms with Crippen molar-refractivity contribution >= 4 is 47.5 Å². The number of aryl methyl sites for hydroxylation is 1. The summed E-state index contributed by atoms with van der Waals surface area (Å²) < 4.78 is 49.2. The summed E-state index contributed by atoms with van der Waals surface area (Å²) in [5.41, 5.74) is 0.612. The molecule has 1 amide bonds. The SMILES string of the molecule is COCCO[C@@]1(n2cc(C)c(NC(=O)c3ccccc3)nc2=O)CO[C@H](COC(c2ccccc2)(c2ccc(OC)cc2)c2ccc(OC)cc2)[C@@H]1OP(SCCSC(=O)c1ccccc1)N1CCCC1. The van der Waals surface area contributed by atoms with Gasteiger partial charge in [-0.05, 0) is 72.9 Å². The van der Waals surface area contributed by atoms with Crippen LogP contribution in [0.2, 0.25) is 0 Å². The molecule has 2 saturated heterocycles. The van der Waals surface area contributed by atoms with Crippen molar-refractivity contribution in [3.8, 4) is 11.5 Å². The third-order valence-corrected chi connectivity index (χ3v) is 17.6. The minimum absolute atomic E-state index is 0.00542. The molecule has 0 saturated carbocycles. The number of carbonyl (C=O) groups is 2. The van der Waals surface area contributed by atoms with Gasteiger partial charge >= 0.3 is 5.69 Å². The first-order chi connectivity index (χ1) is 34.7. The van der Waals surface area contributed by atoms with Gasteiger partial charge in [0.15, 0.2) is 7.50 Å². The van der Waals surface area contributed by atoms with E-state index in [1.165, 1.54) is 16.3 Å². The van der Waals surface area contributed by atoms with Gasteiger partial charge in [-0.25, -0.2) is 4.79 Å². The summed E-state index contributed by atoms with van der Waals surface area (Å²) in [7, 11) is 3.41. The zero-order valence-electron chi connectivity index (χ0n) is 40.3. The molecular formula is C54H59N4O10PS2. The molecule has 2 aliphatic rings. The molecule has 2 aliphatic heterocycles. The molecule has 2 fully saturated rings. The Balaban J connectivity index is 1.20. The van der Waals surface area contributed by atoms with Crippen molar-refractivity contribution in [2.24, 2.45) is 0 Å². The minimum Gasteiger partial charge on any atom is -0.497 e. The fourth-order valence-electron chi connectivity index (χ4n) is 8.72. The van der Waals surface area contributed by atoms with E-state index in [0.29, 0.717) is 39.7 Å². The largest absolute Gasteiger partial charge is 0.497 e. The van der Waals surface area contributed by atoms with Crippen molar-refractivity contribution in [1.29, 1.82) is 0 Å². The molecule has 71 heavy (non-hydrogen) atoms. The number of carbonyl (C=O) groups excluding carboxylic acids is 2. The number of hydrogen-bond acceptors (Lipinski definition) is 14. The minimum atomic E-state index is -1.60. The Morgan fingerprint density at radius 2 is 1.35 bits per heavy atom. The van der Waals surface area contributed by atoms with E-state index < -0.39 is 42.6 Å². The van der Waals surface area contributed by atoms with E-state index in [-0.39, 0.29) is 37.4 Å². The quantitative estimate of drug-likeness (QED) is 0.0369. The highest BCUT2D eigenvalue weighted by Crippen LogP contribution is 2.59. The summed E-state index contributed by atoms with van der Waals surface area (Å²) in [5.74, 6) is 2.25. The second-order valence-corrected chi connectivity index (χ2v) is 21.6. The molecule has 8 rings (SSSR count). The van der Waals surface area contributed by atoms with Crippen LogP contribution < -0.4 is 20.5 Å². The van der Waals surface area contributed by atoms with E-state index in [0.717, 1.165) is 42.6 Å². The molecule has 3 heterocycles. The number of anilines is 1. The van der Waals surface area contributed by atoms with E-state index >= 15 is 0 Å². The normalized spacial score (nSPS) is 18.5. The van der Waals surface area contributed by atoms with Crippen LogP contribution in [0.25, 0.3) is 0 Å². The maximum absolute atomic E-state index is 14.7. The summed E-state index contributed by atoms with van der Waals surface area (Å²) in [5, 5.41) is 2.83. The third-order valence-electron chi connectivity index (χ3n) is 12.4. The number of thioether (sulfide) groups is 1. The Bertz CT molecular complexity index is 2670. The Hall–Kier alpha value is -5.39. The maximum Gasteiger partial charge on any atom is 0.352 e. The van der Waals surface area contributed by atoms with E-state index in [1.807, 2.05) is 115 Å². The Morgan fingerprint density at radius 3 is 1.94 bits per heavy atom. The van der Waals surface area contributed by atoms with Gasteiger partial charge < -0.3 is 38.3 Å². The van der Waals surface area contributed by atoms with Crippen molar-refractivity contribution in [3.63, 3.8) is 0 Å². The van der Waals surface area contributed by atoms with Crippen LogP contribution in [0.4, 0.5) is 5.82 Å². The highest BCUT2D eigenvalue weighted by Gasteiger charge is 2.57. The average Bonchev–Trinajstić information content (AvgIpc) is 4.08. The van der Waals surface area contributed by atoms with Crippen LogP contribution in [0.1, 0.15) is 55.8 Å². The number of rotatable bonds is 23. The molecule has 0 radical (unpaired) electrons. The van der Waals surface area contributed by atoms with Gasteiger partial charge in [0, 0.05) is 54.6 Å². The lowest BCUT2D eigenvalue weighted by Crippen LogP contribution is -2.55. The van der Waals surface area contributed by atoms with Crippen LogP contribution in [0, 0.1) is 6.92 Å². The summed E-state index contributed by atoms with van der Waals surface area (Å²) in [6.07, 6.45) is 1.83. The standard InChI is InChI=1S/C54H59N4O10PS2/c1-39-36-58(52(61)56-49(39)55-50(59)40-16-8-5-9-17-40)53(66-33-32-62-2)38-65-47(48(53)68-69(57-30-14-15-31-57)71-35-34-70-51(60)41-18-10-6-11-19-41)37-67-54(42-20-12-7-13-21-42,43-22-26-45(63-3)27-23-43)44-24-28-46(64-4)29-25-44/h5-13,16-29,36,47-48H,14-15,30-35,37-38H2,1-4H3,(H,55,56,59,61)/t47-,48+,53+,69?/m1/s1. The Morgan fingerprint density at radius 1 is 0.775 bits per heavy atom. The monoisotopic (exact) mass is 1020 g/mol. The van der Waals surface area contributed by atoms with Crippen molar-refractivity contribution in [2.75, 3.05) is 77.7 Å². The molecule has 0 spiro atoms. The first-order valence-electron chi connectivity index (χ1n) is 23.5. The van der Waals surface area contributed by atoms with Crippen molar-refractivity contribution in [1.82, 2.24) is 14.2 Å². The number of benzene rings is 5. The highest BCUT2D eigenvalue weighted by atomic mass is 32.7. The second-order valence-electron chi connectivity index (χ2n) is 16.9. The van der Waals surface area contributed by atoms with Gasteiger partial charge in [0.05, 0.1) is 40.6 Å². The summed E-state index contributed by atoms with van der Waals surface area (Å²) in [6.45, 7) is 3.52. The lowest BCUT2D eigenvalue weighted by Gasteiger charge is -2.40. The molecule has 17 heteroatoms. The molecule has 14 nitrogen and oxygen atoms in total. The van der Waals surface area contributed by atoms with Crippen LogP contribution >= 0.6 is 30.6 Å². The van der Waals surface area contributed by atoms with Crippen LogP contribution in [0.3, 0.4) is 0 Å². The third kappa shape index (κ3) is 12.1. The molecule has 1 unspecified atom stereocenters. The molecular weight excluding hydrogens is 960 g/mol. The molecule has 372 valence electrons. The summed E-state index contributed by atoms with van der Waals surface area (Å²) in [4.78, 5) is 45.7. The summed E-state index contributed by atoms with van der Waals surface area (Å²) in [6, 6.07) is 43.6. The molecule has 0 bridgehead atoms. The number of ether oxygens (including phenoxy) is 6. The zero-order chi connectivity index (χ0) is 49.6. The fourth-order valence-corrected chi connectivity index (χ4v) is 14.0. The fraction of sp³-hybridized carbons (Fsp3) is 0.333. The predicted molar refractivity (Wildman–Crippen MR) is 280 cm³/mol. The maximum atomic E-state index is 14.7. The predicted octanol–water partition coefficient (Wildman–Crippen LogP) is 9.56. The van der Waals surface area contributed by atoms with Gasteiger partial charge in [0.1, 0.15) is 35.1 Å². The molecule has 1 aromatic heterocycles. The topological polar surface area (TPSA) is 149 Å². The van der Waals surface area contributed by atoms with Crippen molar-refractivity contribution < 1.29 is 42.5 Å². The second kappa shape index (κ2) is 24.8. The lowest BCUT2D eigenvalue weighted by atomic mass is 9.80. The van der Waals surface area contributed by atoms with Crippen molar-refractivity contribution in [2.45, 2.75) is 43.3 Å². The lowest BCUT2D eigenvalue weighted by molar-refractivity contribution is -0.162. The Kier molecular flexibility index (Phi) is 18.2. The molecule has 5 aromatic carbocycles. The van der Waals surface area contributed by atoms with Gasteiger partial charge in [-0.15, -0.1) is 0 Å². The number of aromatic nitrogens is 2. The van der Waals surface area contributed by atoms with E-state index in [9.17, 15) is 14.4 Å². The zero-order valence-corrected chi connectivity index (χ0v) is 42.8. The van der Waals surface area contributed by atoms with Gasteiger partial charge in [0.2, 0.25) is 10.8 Å². The van der Waals surface area contributed by atoms with E-state index in [2.05, 4.69) is 15.0 Å². The smallest absolute Gasteiger partial charge is 0.352 e. The molecule has 1 N–H and O–H groups in total. The van der Waals surface area contributed by atoms with E-state index in [1.54, 1.807) is 70.1 Å². The first-order valence-corrected chi connectivity index (χ1v) is 27.2. The van der Waals surface area contributed by atoms with E-state index in [4.69, 9.17) is 32.9 Å². The van der Waals surface area contributed by atoms with Crippen LogP contribution in [-0.2, 0) is 34.8 Å². The molecule has 0 aliphatic carbocycles. The van der Waals surface area contributed by atoms with Gasteiger partial charge in [-0.2, -0.15) is 4.98 Å². The summed E-state index contributed by atoms with van der Waals surface area (Å²) >= 11 is 2.93. The highest BCUT2D eigenvalue weighted by molar-refractivity contribution is 8.53. The van der Waals surface area contributed by atoms with Crippen molar-refractivity contribution in [3.05, 3.63) is 190 Å².